The van der Waals surface area contributed by atoms with Crippen LogP contribution in [0.1, 0.15) is 23.0 Å². The van der Waals surface area contributed by atoms with Crippen molar-refractivity contribution in [3.63, 3.8) is 0 Å². The zero-order valence-electron chi connectivity index (χ0n) is 17.3. The molecule has 1 N–H and O–H groups in total. The fourth-order valence-corrected chi connectivity index (χ4v) is 4.96. The summed E-state index contributed by atoms with van der Waals surface area (Å²) in [6.45, 7) is 1.08. The van der Waals surface area contributed by atoms with Crippen molar-refractivity contribution in [1.29, 1.82) is 0 Å². The Labute approximate surface area is 187 Å². The molecule has 0 unspecified atom stereocenters. The van der Waals surface area contributed by atoms with Gasteiger partial charge in [-0.3, -0.25) is 18.9 Å². The second kappa shape index (κ2) is 9.32. The minimum atomic E-state index is -3.79. The van der Waals surface area contributed by atoms with Crippen molar-refractivity contribution >= 4 is 39.0 Å². The Hall–Kier alpha value is -3.51. The van der Waals surface area contributed by atoms with Crippen molar-refractivity contribution in [2.45, 2.75) is 12.7 Å². The van der Waals surface area contributed by atoms with Crippen molar-refractivity contribution in [3.05, 3.63) is 63.4 Å². The first-order valence-corrected chi connectivity index (χ1v) is 11.7. The number of thiophene rings is 1. The SMILES string of the molecule is COC(=O)c1nc(-c2sccc2NS(=O)(=O)Cc2ccccc2)n(C)c(=O)c1OC(C)=O. The zero-order chi connectivity index (χ0) is 23.5. The molecule has 0 spiro atoms. The molecule has 0 aliphatic rings. The zero-order valence-corrected chi connectivity index (χ0v) is 19.0. The summed E-state index contributed by atoms with van der Waals surface area (Å²) < 4.78 is 38.4. The molecular weight excluding hydrogens is 458 g/mol. The van der Waals surface area contributed by atoms with Crippen LogP contribution in [0.2, 0.25) is 0 Å². The van der Waals surface area contributed by atoms with Gasteiger partial charge in [0.25, 0.3) is 5.56 Å². The van der Waals surface area contributed by atoms with E-state index in [-0.39, 0.29) is 17.3 Å². The maximum Gasteiger partial charge on any atom is 0.360 e. The third-order valence-corrected chi connectivity index (χ3v) is 6.36. The van der Waals surface area contributed by atoms with Gasteiger partial charge < -0.3 is 9.47 Å². The van der Waals surface area contributed by atoms with E-state index in [1.165, 1.54) is 13.1 Å². The molecule has 0 aliphatic heterocycles. The molecule has 3 rings (SSSR count). The number of sulfonamides is 1. The lowest BCUT2D eigenvalue weighted by atomic mass is 10.2. The van der Waals surface area contributed by atoms with Crippen LogP contribution < -0.4 is 15.0 Å². The molecule has 32 heavy (non-hydrogen) atoms. The van der Waals surface area contributed by atoms with Gasteiger partial charge in [-0.1, -0.05) is 30.3 Å². The maximum absolute atomic E-state index is 12.8. The van der Waals surface area contributed by atoms with E-state index in [9.17, 15) is 22.8 Å². The minimum absolute atomic E-state index is 0.00119. The van der Waals surface area contributed by atoms with Gasteiger partial charge in [0.15, 0.2) is 11.5 Å². The third-order valence-electron chi connectivity index (χ3n) is 4.21. The maximum atomic E-state index is 12.8. The van der Waals surface area contributed by atoms with Crippen LogP contribution in [0.5, 0.6) is 5.75 Å². The summed E-state index contributed by atoms with van der Waals surface area (Å²) in [7, 11) is -1.33. The summed E-state index contributed by atoms with van der Waals surface area (Å²) in [5.41, 5.74) is -0.519. The van der Waals surface area contributed by atoms with E-state index in [2.05, 4.69) is 14.4 Å². The number of carbonyl (C=O) groups is 2. The van der Waals surface area contributed by atoms with Gasteiger partial charge >= 0.3 is 11.9 Å². The highest BCUT2D eigenvalue weighted by Crippen LogP contribution is 2.33. The van der Waals surface area contributed by atoms with Crippen LogP contribution in [-0.2, 0) is 32.4 Å². The van der Waals surface area contributed by atoms with Crippen LogP contribution in [0, 0.1) is 0 Å². The van der Waals surface area contributed by atoms with Crippen molar-refractivity contribution in [2.24, 2.45) is 7.05 Å². The number of esters is 2. The number of hydrogen-bond donors (Lipinski definition) is 1. The summed E-state index contributed by atoms with van der Waals surface area (Å²) in [6, 6.07) is 10.2. The van der Waals surface area contributed by atoms with E-state index in [0.717, 1.165) is 29.9 Å². The molecule has 1 aromatic carbocycles. The fraction of sp³-hybridized carbons (Fsp3) is 0.200. The van der Waals surface area contributed by atoms with Gasteiger partial charge in [0.2, 0.25) is 15.8 Å². The molecule has 168 valence electrons. The molecule has 0 amide bonds. The Morgan fingerprint density at radius 2 is 1.88 bits per heavy atom. The molecule has 0 saturated carbocycles. The smallest absolute Gasteiger partial charge is 0.360 e. The number of ether oxygens (including phenoxy) is 2. The highest BCUT2D eigenvalue weighted by Gasteiger charge is 2.26. The molecule has 10 nitrogen and oxygen atoms in total. The normalized spacial score (nSPS) is 11.1. The predicted octanol–water partition coefficient (Wildman–Crippen LogP) is 2.16. The van der Waals surface area contributed by atoms with Gasteiger partial charge in [0.1, 0.15) is 0 Å². The van der Waals surface area contributed by atoms with Crippen molar-refractivity contribution in [3.8, 4) is 16.5 Å². The van der Waals surface area contributed by atoms with Crippen molar-refractivity contribution in [1.82, 2.24) is 9.55 Å². The Morgan fingerprint density at radius 1 is 1.19 bits per heavy atom. The summed E-state index contributed by atoms with van der Waals surface area (Å²) >= 11 is 1.11. The summed E-state index contributed by atoms with van der Waals surface area (Å²) in [5.74, 6) is -2.62. The number of anilines is 1. The number of methoxy groups -OCH3 is 1. The first-order chi connectivity index (χ1) is 15.1. The second-order valence-corrected chi connectivity index (χ2v) is 9.21. The molecule has 0 fully saturated rings. The van der Waals surface area contributed by atoms with Gasteiger partial charge in [0.05, 0.1) is 23.4 Å². The summed E-state index contributed by atoms with van der Waals surface area (Å²) in [5, 5.41) is 1.61. The molecular formula is C20H19N3O7S2. The number of aromatic nitrogens is 2. The molecule has 2 heterocycles. The number of benzene rings is 1. The van der Waals surface area contributed by atoms with E-state index in [1.807, 2.05) is 0 Å². The lowest BCUT2D eigenvalue weighted by Gasteiger charge is -2.14. The van der Waals surface area contributed by atoms with Crippen LogP contribution >= 0.6 is 11.3 Å². The van der Waals surface area contributed by atoms with Gasteiger partial charge in [-0.05, 0) is 17.0 Å². The molecule has 3 aromatic rings. The number of rotatable bonds is 7. The lowest BCUT2D eigenvalue weighted by Crippen LogP contribution is -2.27. The third kappa shape index (κ3) is 5.03. The average molecular weight is 478 g/mol. The standard InChI is InChI=1S/C20H19N3O7S2/c1-12(24)30-16-15(20(26)29-3)21-18(23(2)19(16)25)17-14(9-10-31-17)22-32(27,28)11-13-7-5-4-6-8-13/h4-10,22H,11H2,1-3H3. The van der Waals surface area contributed by atoms with E-state index >= 15 is 0 Å². The minimum Gasteiger partial charge on any atom is -0.464 e. The fourth-order valence-electron chi connectivity index (χ4n) is 2.82. The molecule has 0 saturated heterocycles. The van der Waals surface area contributed by atoms with Gasteiger partial charge in [-0.25, -0.2) is 18.2 Å². The monoisotopic (exact) mass is 477 g/mol. The number of carbonyl (C=O) groups excluding carboxylic acids is 2. The van der Waals surface area contributed by atoms with Crippen LogP contribution in [0.4, 0.5) is 5.69 Å². The molecule has 0 bridgehead atoms. The molecule has 12 heteroatoms. The first kappa shape index (κ1) is 23.2. The van der Waals surface area contributed by atoms with E-state index in [0.29, 0.717) is 10.4 Å². The van der Waals surface area contributed by atoms with Gasteiger partial charge in [-0.2, -0.15) is 0 Å². The van der Waals surface area contributed by atoms with Gasteiger partial charge in [-0.15, -0.1) is 11.3 Å². The van der Waals surface area contributed by atoms with E-state index in [1.54, 1.807) is 35.7 Å². The summed E-state index contributed by atoms with van der Waals surface area (Å²) in [4.78, 5) is 40.8. The molecule has 0 radical (unpaired) electrons. The molecule has 0 aliphatic carbocycles. The first-order valence-electron chi connectivity index (χ1n) is 9.13. The lowest BCUT2D eigenvalue weighted by molar-refractivity contribution is -0.132. The Bertz CT molecular complexity index is 1330. The topological polar surface area (TPSA) is 134 Å². The molecule has 2 aromatic heterocycles. The number of hydrogen-bond acceptors (Lipinski definition) is 9. The number of nitrogens with one attached hydrogen (secondary N) is 1. The van der Waals surface area contributed by atoms with Crippen LogP contribution in [-0.4, -0.2) is 37.0 Å². The number of nitrogens with zero attached hydrogens (tertiary/aromatic N) is 2. The Morgan fingerprint density at radius 3 is 2.50 bits per heavy atom. The van der Waals surface area contributed by atoms with E-state index < -0.39 is 39.0 Å². The predicted molar refractivity (Wildman–Crippen MR) is 118 cm³/mol. The summed E-state index contributed by atoms with van der Waals surface area (Å²) in [6.07, 6.45) is 0. The molecule has 0 atom stereocenters. The average Bonchev–Trinajstić information content (AvgIpc) is 3.18. The largest absolute Gasteiger partial charge is 0.464 e. The van der Waals surface area contributed by atoms with Crippen LogP contribution in [0.3, 0.4) is 0 Å². The van der Waals surface area contributed by atoms with Gasteiger partial charge in [0, 0.05) is 14.0 Å². The highest BCUT2D eigenvalue weighted by molar-refractivity contribution is 7.92. The quantitative estimate of drug-likeness (QED) is 0.512. The highest BCUT2D eigenvalue weighted by atomic mass is 32.2. The van der Waals surface area contributed by atoms with E-state index in [4.69, 9.17) is 4.74 Å². The van der Waals surface area contributed by atoms with Crippen LogP contribution in [0.15, 0.2) is 46.6 Å². The second-order valence-electron chi connectivity index (χ2n) is 6.57. The van der Waals surface area contributed by atoms with Crippen molar-refractivity contribution < 1.29 is 27.5 Å². The Kier molecular flexibility index (Phi) is 6.75. The van der Waals surface area contributed by atoms with Crippen LogP contribution in [0.25, 0.3) is 10.7 Å². The Balaban J connectivity index is 2.06. The van der Waals surface area contributed by atoms with Crippen molar-refractivity contribution in [2.75, 3.05) is 11.8 Å².